The van der Waals surface area contributed by atoms with E-state index in [1.165, 1.54) is 4.90 Å². The number of carboxylic acids is 1. The molecular weight excluding hydrogens is 294 g/mol. The molecule has 1 aliphatic rings. The SMILES string of the molecule is C[C@@H]1CC[C@@](C(=O)O)(C(C)(C)C)N1C(=O)OCc1ccccc1. The molecule has 23 heavy (non-hydrogen) atoms. The van der Waals surface area contributed by atoms with Crippen LogP contribution in [0.1, 0.15) is 46.1 Å². The third-order valence-electron chi connectivity index (χ3n) is 4.77. The van der Waals surface area contributed by atoms with Crippen molar-refractivity contribution in [3.05, 3.63) is 35.9 Å². The number of carbonyl (C=O) groups is 2. The van der Waals surface area contributed by atoms with Crippen LogP contribution < -0.4 is 0 Å². The molecule has 1 amide bonds. The quantitative estimate of drug-likeness (QED) is 0.923. The zero-order valence-corrected chi connectivity index (χ0v) is 14.2. The van der Waals surface area contributed by atoms with E-state index in [2.05, 4.69) is 0 Å². The Labute approximate surface area is 137 Å². The van der Waals surface area contributed by atoms with Gasteiger partial charge in [-0.2, -0.15) is 0 Å². The highest BCUT2D eigenvalue weighted by Crippen LogP contribution is 2.46. The molecule has 1 heterocycles. The Hall–Kier alpha value is -2.04. The van der Waals surface area contributed by atoms with E-state index < -0.39 is 23.0 Å². The molecule has 0 aromatic heterocycles. The Balaban J connectivity index is 2.23. The third-order valence-corrected chi connectivity index (χ3v) is 4.77. The van der Waals surface area contributed by atoms with Gasteiger partial charge in [0.25, 0.3) is 0 Å². The summed E-state index contributed by atoms with van der Waals surface area (Å²) in [6.45, 7) is 7.59. The highest BCUT2D eigenvalue weighted by molar-refractivity contribution is 5.86. The first kappa shape index (κ1) is 17.3. The van der Waals surface area contributed by atoms with Gasteiger partial charge in [-0.05, 0) is 30.7 Å². The van der Waals surface area contributed by atoms with E-state index in [4.69, 9.17) is 4.74 Å². The Morgan fingerprint density at radius 1 is 1.30 bits per heavy atom. The summed E-state index contributed by atoms with van der Waals surface area (Å²) in [5.41, 5.74) is -0.945. The minimum Gasteiger partial charge on any atom is -0.479 e. The lowest BCUT2D eigenvalue weighted by atomic mass is 9.72. The van der Waals surface area contributed by atoms with Crippen molar-refractivity contribution in [2.45, 2.75) is 58.7 Å². The summed E-state index contributed by atoms with van der Waals surface area (Å²) in [6.07, 6.45) is 0.536. The lowest BCUT2D eigenvalue weighted by Crippen LogP contribution is -2.62. The molecule has 1 fully saturated rings. The lowest BCUT2D eigenvalue weighted by Gasteiger charge is -2.45. The first-order valence-corrected chi connectivity index (χ1v) is 7.93. The van der Waals surface area contributed by atoms with Crippen molar-refractivity contribution in [1.29, 1.82) is 0 Å². The van der Waals surface area contributed by atoms with Crippen molar-refractivity contribution < 1.29 is 19.4 Å². The number of likely N-dealkylation sites (tertiary alicyclic amines) is 1. The lowest BCUT2D eigenvalue weighted by molar-refractivity contribution is -0.157. The molecule has 1 aromatic carbocycles. The molecule has 0 aliphatic carbocycles. The highest BCUT2D eigenvalue weighted by Gasteiger charge is 2.60. The van der Waals surface area contributed by atoms with E-state index >= 15 is 0 Å². The number of carbonyl (C=O) groups excluding carboxylic acids is 1. The van der Waals surface area contributed by atoms with Gasteiger partial charge in [-0.1, -0.05) is 51.1 Å². The summed E-state index contributed by atoms with van der Waals surface area (Å²) in [4.78, 5) is 26.1. The maximum absolute atomic E-state index is 12.6. The van der Waals surface area contributed by atoms with E-state index in [9.17, 15) is 14.7 Å². The smallest absolute Gasteiger partial charge is 0.411 e. The summed E-state index contributed by atoms with van der Waals surface area (Å²) in [5.74, 6) is -0.967. The van der Waals surface area contributed by atoms with Crippen LogP contribution in [-0.4, -0.2) is 33.6 Å². The summed E-state index contributed by atoms with van der Waals surface area (Å²) in [5, 5.41) is 9.87. The molecule has 0 spiro atoms. The molecule has 0 bridgehead atoms. The molecule has 1 saturated heterocycles. The van der Waals surface area contributed by atoms with Crippen LogP contribution in [0.2, 0.25) is 0 Å². The largest absolute Gasteiger partial charge is 0.479 e. The standard InChI is InChI=1S/C18H25NO4/c1-13-10-11-18(15(20)21,17(2,3)4)19(13)16(22)23-12-14-8-6-5-7-9-14/h5-9,13H,10-12H2,1-4H3,(H,20,21)/t13-,18-/m1/s1. The monoisotopic (exact) mass is 319 g/mol. The number of amides is 1. The average Bonchev–Trinajstić information content (AvgIpc) is 2.84. The maximum Gasteiger partial charge on any atom is 0.411 e. The second-order valence-corrected chi connectivity index (χ2v) is 7.21. The van der Waals surface area contributed by atoms with Crippen LogP contribution in [0.5, 0.6) is 0 Å². The van der Waals surface area contributed by atoms with Crippen LogP contribution in [0.4, 0.5) is 4.79 Å². The third kappa shape index (κ3) is 3.05. The van der Waals surface area contributed by atoms with E-state index in [0.29, 0.717) is 12.8 Å². The van der Waals surface area contributed by atoms with Crippen LogP contribution in [0.15, 0.2) is 30.3 Å². The van der Waals surface area contributed by atoms with Gasteiger partial charge < -0.3 is 9.84 Å². The van der Waals surface area contributed by atoms with Gasteiger partial charge in [0.15, 0.2) is 0 Å². The number of ether oxygens (including phenoxy) is 1. The molecule has 5 heteroatoms. The van der Waals surface area contributed by atoms with Crippen molar-refractivity contribution in [2.75, 3.05) is 0 Å². The first-order valence-electron chi connectivity index (χ1n) is 7.93. The molecule has 126 valence electrons. The molecule has 2 rings (SSSR count). The number of hydrogen-bond donors (Lipinski definition) is 1. The highest BCUT2D eigenvalue weighted by atomic mass is 16.6. The second kappa shape index (κ2) is 6.22. The van der Waals surface area contributed by atoms with Gasteiger partial charge in [0, 0.05) is 6.04 Å². The molecule has 1 aliphatic heterocycles. The van der Waals surface area contributed by atoms with Crippen molar-refractivity contribution in [3.8, 4) is 0 Å². The minimum atomic E-state index is -1.24. The number of nitrogens with zero attached hydrogens (tertiary/aromatic N) is 1. The maximum atomic E-state index is 12.6. The van der Waals surface area contributed by atoms with Gasteiger partial charge in [-0.25, -0.2) is 9.59 Å². The molecule has 2 atom stereocenters. The van der Waals surface area contributed by atoms with Gasteiger partial charge in [0.2, 0.25) is 0 Å². The fourth-order valence-corrected chi connectivity index (χ4v) is 3.44. The van der Waals surface area contributed by atoms with E-state index in [1.54, 1.807) is 0 Å². The van der Waals surface area contributed by atoms with Crippen molar-refractivity contribution in [1.82, 2.24) is 4.90 Å². The second-order valence-electron chi connectivity index (χ2n) is 7.21. The van der Waals surface area contributed by atoms with Crippen molar-refractivity contribution >= 4 is 12.1 Å². The molecule has 0 radical (unpaired) electrons. The molecule has 0 saturated carbocycles. The number of carboxylic acid groups (broad SMARTS) is 1. The predicted molar refractivity (Wildman–Crippen MR) is 87.0 cm³/mol. The minimum absolute atomic E-state index is 0.142. The summed E-state index contributed by atoms with van der Waals surface area (Å²) in [7, 11) is 0. The van der Waals surface area contributed by atoms with E-state index in [1.807, 2.05) is 58.0 Å². The van der Waals surface area contributed by atoms with Gasteiger partial charge in [0.1, 0.15) is 12.1 Å². The normalized spacial score (nSPS) is 24.5. The zero-order valence-electron chi connectivity index (χ0n) is 14.2. The van der Waals surface area contributed by atoms with Crippen LogP contribution in [-0.2, 0) is 16.1 Å². The van der Waals surface area contributed by atoms with E-state index in [0.717, 1.165) is 5.56 Å². The Morgan fingerprint density at radius 2 is 1.91 bits per heavy atom. The van der Waals surface area contributed by atoms with Crippen LogP contribution >= 0.6 is 0 Å². The molecule has 0 unspecified atom stereocenters. The van der Waals surface area contributed by atoms with Crippen molar-refractivity contribution in [2.24, 2.45) is 5.41 Å². The molecular formula is C18H25NO4. The fourth-order valence-electron chi connectivity index (χ4n) is 3.44. The summed E-state index contributed by atoms with van der Waals surface area (Å²) >= 11 is 0. The number of benzene rings is 1. The topological polar surface area (TPSA) is 66.8 Å². The van der Waals surface area contributed by atoms with Gasteiger partial charge in [-0.15, -0.1) is 0 Å². The number of rotatable bonds is 3. The summed E-state index contributed by atoms with van der Waals surface area (Å²) in [6, 6.07) is 9.22. The predicted octanol–water partition coefficient (Wildman–Crippen LogP) is 3.68. The Morgan fingerprint density at radius 3 is 2.43 bits per heavy atom. The van der Waals surface area contributed by atoms with E-state index in [-0.39, 0.29) is 12.6 Å². The molecule has 1 aromatic rings. The Bertz CT molecular complexity index is 578. The Kier molecular flexibility index (Phi) is 4.68. The molecule has 1 N–H and O–H groups in total. The zero-order chi connectivity index (χ0) is 17.3. The van der Waals surface area contributed by atoms with Crippen LogP contribution in [0.25, 0.3) is 0 Å². The fraction of sp³-hybridized carbons (Fsp3) is 0.556. The summed E-state index contributed by atoms with van der Waals surface area (Å²) < 4.78 is 5.41. The van der Waals surface area contributed by atoms with Crippen LogP contribution in [0, 0.1) is 5.41 Å². The van der Waals surface area contributed by atoms with Crippen LogP contribution in [0.3, 0.4) is 0 Å². The average molecular weight is 319 g/mol. The number of hydrogen-bond acceptors (Lipinski definition) is 3. The van der Waals surface area contributed by atoms with Crippen molar-refractivity contribution in [3.63, 3.8) is 0 Å². The van der Waals surface area contributed by atoms with Gasteiger partial charge >= 0.3 is 12.1 Å². The number of aliphatic carboxylic acids is 1. The molecule has 5 nitrogen and oxygen atoms in total. The van der Waals surface area contributed by atoms with Gasteiger partial charge in [-0.3, -0.25) is 4.90 Å². The van der Waals surface area contributed by atoms with Gasteiger partial charge in [0.05, 0.1) is 0 Å². The first-order chi connectivity index (χ1) is 10.7.